The number of nitrogens with zero attached hydrogens (tertiary/aromatic N) is 3. The highest BCUT2D eigenvalue weighted by atomic mass is 79.9. The van der Waals surface area contributed by atoms with E-state index in [-0.39, 0.29) is 11.3 Å². The summed E-state index contributed by atoms with van der Waals surface area (Å²) in [6, 6.07) is 4.28. The number of rotatable bonds is 2. The van der Waals surface area contributed by atoms with Crippen LogP contribution in [-0.2, 0) is 7.05 Å². The van der Waals surface area contributed by atoms with Crippen LogP contribution in [0.2, 0.25) is 0 Å². The van der Waals surface area contributed by atoms with Gasteiger partial charge in [-0.05, 0) is 18.2 Å². The van der Waals surface area contributed by atoms with E-state index >= 15 is 0 Å². The van der Waals surface area contributed by atoms with Crippen molar-refractivity contribution >= 4 is 21.7 Å². The molecule has 0 bridgehead atoms. The number of hydrogen-bond acceptors (Lipinski definition) is 3. The van der Waals surface area contributed by atoms with E-state index in [4.69, 9.17) is 0 Å². The Balaban J connectivity index is 2.46. The second kappa shape index (κ2) is 4.13. The topological polar surface area (TPSA) is 47.8 Å². The summed E-state index contributed by atoms with van der Waals surface area (Å²) in [4.78, 5) is 11.9. The lowest BCUT2D eigenvalue weighted by Crippen LogP contribution is -2.09. The molecule has 0 aliphatic rings. The van der Waals surface area contributed by atoms with Crippen molar-refractivity contribution in [2.24, 2.45) is 7.05 Å². The first-order chi connectivity index (χ1) is 7.59. The third kappa shape index (κ3) is 1.88. The molecule has 0 atom stereocenters. The number of carbonyl (C=O) groups is 1. The number of aromatic nitrogens is 3. The molecule has 0 saturated heterocycles. The molecule has 0 saturated carbocycles. The van der Waals surface area contributed by atoms with Gasteiger partial charge >= 0.3 is 0 Å². The Morgan fingerprint density at radius 2 is 2.25 bits per heavy atom. The first kappa shape index (κ1) is 10.9. The van der Waals surface area contributed by atoms with E-state index in [0.29, 0.717) is 4.47 Å². The van der Waals surface area contributed by atoms with Crippen LogP contribution in [0.1, 0.15) is 16.1 Å². The molecular formula is C10H7BrFN3O. The number of benzene rings is 1. The van der Waals surface area contributed by atoms with Crippen LogP contribution in [0, 0.1) is 5.82 Å². The fourth-order valence-corrected chi connectivity index (χ4v) is 1.64. The van der Waals surface area contributed by atoms with Gasteiger partial charge in [-0.1, -0.05) is 21.1 Å². The van der Waals surface area contributed by atoms with Crippen molar-refractivity contribution in [3.63, 3.8) is 0 Å². The van der Waals surface area contributed by atoms with E-state index in [9.17, 15) is 9.18 Å². The Bertz CT molecular complexity index is 553. The summed E-state index contributed by atoms with van der Waals surface area (Å²) >= 11 is 3.13. The Morgan fingerprint density at radius 1 is 1.50 bits per heavy atom. The van der Waals surface area contributed by atoms with Gasteiger partial charge in [-0.3, -0.25) is 4.79 Å². The third-order valence-corrected chi connectivity index (χ3v) is 2.62. The van der Waals surface area contributed by atoms with Crippen LogP contribution in [0.15, 0.2) is 28.9 Å². The predicted molar refractivity (Wildman–Crippen MR) is 58.5 cm³/mol. The summed E-state index contributed by atoms with van der Waals surface area (Å²) in [7, 11) is 1.58. The van der Waals surface area contributed by atoms with E-state index < -0.39 is 11.6 Å². The fraction of sp³-hybridized carbons (Fsp3) is 0.100. The second-order valence-corrected chi connectivity index (χ2v) is 4.11. The number of aryl methyl sites for hydroxylation is 1. The summed E-state index contributed by atoms with van der Waals surface area (Å²) in [6.45, 7) is 0. The molecule has 0 unspecified atom stereocenters. The van der Waals surface area contributed by atoms with Gasteiger partial charge in [0.1, 0.15) is 11.5 Å². The van der Waals surface area contributed by atoms with Crippen molar-refractivity contribution in [2.45, 2.75) is 0 Å². The van der Waals surface area contributed by atoms with Crippen LogP contribution in [0.5, 0.6) is 0 Å². The van der Waals surface area contributed by atoms with Crippen molar-refractivity contribution < 1.29 is 9.18 Å². The minimum Gasteiger partial charge on any atom is -0.287 e. The van der Waals surface area contributed by atoms with E-state index in [1.807, 2.05) is 0 Å². The van der Waals surface area contributed by atoms with Gasteiger partial charge in [0, 0.05) is 11.5 Å². The largest absolute Gasteiger partial charge is 0.287 e. The van der Waals surface area contributed by atoms with Crippen LogP contribution in [0.4, 0.5) is 4.39 Å². The van der Waals surface area contributed by atoms with E-state index in [1.165, 1.54) is 23.0 Å². The maximum Gasteiger partial charge on any atom is 0.215 e. The SMILES string of the molecule is Cn1nncc1C(=O)c1ccc(Br)cc1F. The molecule has 0 fully saturated rings. The Kier molecular flexibility index (Phi) is 2.82. The quantitative estimate of drug-likeness (QED) is 0.792. The number of hydrogen-bond donors (Lipinski definition) is 0. The smallest absolute Gasteiger partial charge is 0.215 e. The zero-order valence-corrected chi connectivity index (χ0v) is 9.90. The van der Waals surface area contributed by atoms with Crippen LogP contribution >= 0.6 is 15.9 Å². The molecule has 82 valence electrons. The predicted octanol–water partition coefficient (Wildman–Crippen LogP) is 1.95. The molecule has 1 aromatic heterocycles. The highest BCUT2D eigenvalue weighted by molar-refractivity contribution is 9.10. The molecule has 0 spiro atoms. The van der Waals surface area contributed by atoms with Crippen molar-refractivity contribution in [1.82, 2.24) is 15.0 Å². The van der Waals surface area contributed by atoms with Crippen LogP contribution in [-0.4, -0.2) is 20.8 Å². The molecule has 2 rings (SSSR count). The summed E-state index contributed by atoms with van der Waals surface area (Å²) < 4.78 is 15.4. The lowest BCUT2D eigenvalue weighted by molar-refractivity contribution is 0.102. The standard InChI is InChI=1S/C10H7BrFN3O/c1-15-9(5-13-14-15)10(16)7-3-2-6(11)4-8(7)12/h2-5H,1H3. The third-order valence-electron chi connectivity index (χ3n) is 2.12. The highest BCUT2D eigenvalue weighted by Gasteiger charge is 2.17. The number of halogens is 2. The van der Waals surface area contributed by atoms with Gasteiger partial charge in [0.25, 0.3) is 0 Å². The first-order valence-electron chi connectivity index (χ1n) is 4.44. The summed E-state index contributed by atoms with van der Waals surface area (Å²) in [6.07, 6.45) is 1.31. The molecule has 6 heteroatoms. The molecule has 0 aliphatic heterocycles. The zero-order valence-electron chi connectivity index (χ0n) is 8.32. The molecular weight excluding hydrogens is 277 g/mol. The average molecular weight is 284 g/mol. The van der Waals surface area contributed by atoms with E-state index in [0.717, 1.165) is 0 Å². The molecule has 1 aromatic carbocycles. The monoisotopic (exact) mass is 283 g/mol. The van der Waals surface area contributed by atoms with Gasteiger partial charge in [0.05, 0.1) is 11.8 Å². The van der Waals surface area contributed by atoms with Gasteiger partial charge in [0.2, 0.25) is 5.78 Å². The number of carbonyl (C=O) groups excluding carboxylic acids is 1. The van der Waals surface area contributed by atoms with Gasteiger partial charge in [-0.15, -0.1) is 5.10 Å². The normalized spacial score (nSPS) is 10.4. The van der Waals surface area contributed by atoms with Gasteiger partial charge < -0.3 is 0 Å². The zero-order chi connectivity index (χ0) is 11.7. The average Bonchev–Trinajstić information content (AvgIpc) is 2.63. The fourth-order valence-electron chi connectivity index (χ4n) is 1.31. The molecule has 1 heterocycles. The van der Waals surface area contributed by atoms with Gasteiger partial charge in [0.15, 0.2) is 0 Å². The van der Waals surface area contributed by atoms with Crippen LogP contribution in [0.3, 0.4) is 0 Å². The maximum absolute atomic E-state index is 13.5. The van der Waals surface area contributed by atoms with Gasteiger partial charge in [-0.25, -0.2) is 9.07 Å². The first-order valence-corrected chi connectivity index (χ1v) is 5.23. The molecule has 0 amide bonds. The van der Waals surface area contributed by atoms with Crippen molar-refractivity contribution in [3.05, 3.63) is 45.9 Å². The molecule has 16 heavy (non-hydrogen) atoms. The van der Waals surface area contributed by atoms with Gasteiger partial charge in [-0.2, -0.15) is 0 Å². The maximum atomic E-state index is 13.5. The van der Waals surface area contributed by atoms with Crippen molar-refractivity contribution in [3.8, 4) is 0 Å². The Morgan fingerprint density at radius 3 is 2.81 bits per heavy atom. The van der Waals surface area contributed by atoms with Crippen molar-refractivity contribution in [1.29, 1.82) is 0 Å². The van der Waals surface area contributed by atoms with Crippen molar-refractivity contribution in [2.75, 3.05) is 0 Å². The van der Waals surface area contributed by atoms with E-state index in [1.54, 1.807) is 13.1 Å². The highest BCUT2D eigenvalue weighted by Crippen LogP contribution is 2.17. The minimum atomic E-state index is -0.569. The summed E-state index contributed by atoms with van der Waals surface area (Å²) in [5.41, 5.74) is 0.259. The molecule has 4 nitrogen and oxygen atoms in total. The molecule has 2 aromatic rings. The lowest BCUT2D eigenvalue weighted by atomic mass is 10.1. The lowest BCUT2D eigenvalue weighted by Gasteiger charge is -2.02. The summed E-state index contributed by atoms with van der Waals surface area (Å²) in [5.74, 6) is -1.00. The second-order valence-electron chi connectivity index (χ2n) is 3.20. The Hall–Kier alpha value is -1.56. The van der Waals surface area contributed by atoms with Crippen LogP contribution < -0.4 is 0 Å². The molecule has 0 N–H and O–H groups in total. The van der Waals surface area contributed by atoms with Crippen LogP contribution in [0.25, 0.3) is 0 Å². The van der Waals surface area contributed by atoms with E-state index in [2.05, 4.69) is 26.2 Å². The Labute approximate surface area is 99.2 Å². The molecule has 0 radical (unpaired) electrons. The number of ketones is 1. The summed E-state index contributed by atoms with van der Waals surface area (Å²) in [5, 5.41) is 7.20. The molecule has 0 aliphatic carbocycles. The minimum absolute atomic E-state index is 0.00796.